The fraction of sp³-hybridized carbons (Fsp3) is 0.471. The van der Waals surface area contributed by atoms with E-state index in [0.717, 1.165) is 5.56 Å². The first-order chi connectivity index (χ1) is 10.7. The van der Waals surface area contributed by atoms with E-state index in [1.54, 1.807) is 39.1 Å². The molecule has 2 aromatic rings. The number of aromatic amines is 1. The second-order valence-corrected chi connectivity index (χ2v) is 6.98. The molecule has 1 aromatic heterocycles. The van der Waals surface area contributed by atoms with Gasteiger partial charge in [-0.05, 0) is 38.5 Å². The van der Waals surface area contributed by atoms with E-state index >= 15 is 0 Å². The minimum absolute atomic E-state index is 0.250. The van der Waals surface area contributed by atoms with Gasteiger partial charge in [-0.2, -0.15) is 0 Å². The maximum Gasteiger partial charge on any atom is 0.407 e. The van der Waals surface area contributed by atoms with Gasteiger partial charge >= 0.3 is 6.09 Å². The van der Waals surface area contributed by atoms with Crippen molar-refractivity contribution in [1.29, 1.82) is 0 Å². The summed E-state index contributed by atoms with van der Waals surface area (Å²) < 4.78 is 19.4. The van der Waals surface area contributed by atoms with Crippen LogP contribution >= 0.6 is 0 Å². The monoisotopic (exact) mass is 321 g/mol. The largest absolute Gasteiger partial charge is 0.444 e. The lowest BCUT2D eigenvalue weighted by molar-refractivity contribution is 0.0516. The molecule has 0 fully saturated rings. The Morgan fingerprint density at radius 1 is 1.35 bits per heavy atom. The first-order valence-electron chi connectivity index (χ1n) is 7.59. The van der Waals surface area contributed by atoms with Gasteiger partial charge in [0.2, 0.25) is 0 Å². The Morgan fingerprint density at radius 2 is 2.04 bits per heavy atom. The molecule has 1 amide bonds. The summed E-state index contributed by atoms with van der Waals surface area (Å²) in [6.45, 7) is 7.78. The summed E-state index contributed by atoms with van der Waals surface area (Å²) in [6.07, 6.45) is 1.23. The number of alkyl carbamates (subject to hydrolysis) is 1. The Kier molecular flexibility index (Phi) is 4.66. The van der Waals surface area contributed by atoms with Gasteiger partial charge in [0.15, 0.2) is 0 Å². The number of nitrogens with one attached hydrogen (secondary N) is 2. The molecule has 2 rings (SSSR count). The van der Waals surface area contributed by atoms with Gasteiger partial charge in [-0.25, -0.2) is 9.18 Å². The van der Waals surface area contributed by atoms with E-state index in [2.05, 4.69) is 10.3 Å². The Hall–Kier alpha value is -2.08. The summed E-state index contributed by atoms with van der Waals surface area (Å²) in [7, 11) is 0. The van der Waals surface area contributed by atoms with Crippen LogP contribution in [0.2, 0.25) is 0 Å². The summed E-state index contributed by atoms with van der Waals surface area (Å²) in [5, 5.41) is 3.23. The van der Waals surface area contributed by atoms with Crippen LogP contribution in [0.25, 0.3) is 10.9 Å². The van der Waals surface area contributed by atoms with Crippen molar-refractivity contribution in [3.8, 4) is 0 Å². The number of nitrogens with two attached hydrogens (primary N) is 1. The lowest BCUT2D eigenvalue weighted by Crippen LogP contribution is -2.45. The van der Waals surface area contributed by atoms with Gasteiger partial charge in [0.25, 0.3) is 0 Å². The lowest BCUT2D eigenvalue weighted by Gasteiger charge is -2.29. The zero-order chi connectivity index (χ0) is 17.3. The van der Waals surface area contributed by atoms with Crippen LogP contribution in [-0.4, -0.2) is 29.8 Å². The summed E-state index contributed by atoms with van der Waals surface area (Å²) in [5.41, 5.74) is 6.18. The van der Waals surface area contributed by atoms with Crippen molar-refractivity contribution >= 4 is 17.0 Å². The van der Waals surface area contributed by atoms with E-state index in [-0.39, 0.29) is 18.9 Å². The van der Waals surface area contributed by atoms with Crippen LogP contribution in [0.3, 0.4) is 0 Å². The number of amides is 1. The van der Waals surface area contributed by atoms with E-state index in [1.165, 1.54) is 6.07 Å². The molecule has 1 heterocycles. The second kappa shape index (κ2) is 6.20. The molecule has 5 nitrogen and oxygen atoms in total. The van der Waals surface area contributed by atoms with E-state index in [0.29, 0.717) is 10.9 Å². The summed E-state index contributed by atoms with van der Waals surface area (Å²) in [4.78, 5) is 14.9. The minimum Gasteiger partial charge on any atom is -0.444 e. The third-order valence-corrected chi connectivity index (χ3v) is 3.78. The Morgan fingerprint density at radius 3 is 2.65 bits per heavy atom. The Balaban J connectivity index is 2.24. The van der Waals surface area contributed by atoms with Crippen molar-refractivity contribution in [3.63, 3.8) is 0 Å². The maximum absolute atomic E-state index is 14.2. The van der Waals surface area contributed by atoms with Crippen LogP contribution in [0.4, 0.5) is 9.18 Å². The number of hydrogen-bond acceptors (Lipinski definition) is 3. The van der Waals surface area contributed by atoms with E-state index in [9.17, 15) is 9.18 Å². The Bertz CT molecular complexity index is 705. The molecule has 0 aliphatic heterocycles. The van der Waals surface area contributed by atoms with E-state index in [1.807, 2.05) is 6.92 Å². The molecule has 1 unspecified atom stereocenters. The molecule has 0 aliphatic carbocycles. The first-order valence-corrected chi connectivity index (χ1v) is 7.59. The standard InChI is InChI=1S/C17H24FN3O2/c1-16(2,3)23-15(22)21-10-17(4,9-19)11-8-20-13-7-5-6-12(18)14(11)13/h5-8,20H,9-10,19H2,1-4H3,(H,21,22). The highest BCUT2D eigenvalue weighted by Crippen LogP contribution is 2.31. The number of rotatable bonds is 4. The number of H-pyrrole nitrogens is 1. The molecule has 0 radical (unpaired) electrons. The van der Waals surface area contributed by atoms with Crippen molar-refractivity contribution in [2.24, 2.45) is 5.73 Å². The fourth-order valence-electron chi connectivity index (χ4n) is 2.48. The molecule has 6 heteroatoms. The smallest absolute Gasteiger partial charge is 0.407 e. The number of fused-ring (bicyclic) bond motifs is 1. The van der Waals surface area contributed by atoms with Crippen LogP contribution < -0.4 is 11.1 Å². The van der Waals surface area contributed by atoms with Crippen LogP contribution in [0.5, 0.6) is 0 Å². The number of carbonyl (C=O) groups excluding carboxylic acids is 1. The average Bonchev–Trinajstić information content (AvgIpc) is 2.89. The molecule has 0 saturated carbocycles. The molecule has 1 aromatic carbocycles. The topological polar surface area (TPSA) is 80.1 Å². The van der Waals surface area contributed by atoms with Crippen molar-refractivity contribution in [2.45, 2.75) is 38.7 Å². The minimum atomic E-state index is -0.614. The number of ether oxygens (including phenoxy) is 1. The van der Waals surface area contributed by atoms with Gasteiger partial charge in [0.05, 0.1) is 0 Å². The van der Waals surface area contributed by atoms with Crippen LogP contribution in [0.1, 0.15) is 33.3 Å². The quantitative estimate of drug-likeness (QED) is 0.809. The summed E-state index contributed by atoms with van der Waals surface area (Å²) >= 11 is 0. The van der Waals surface area contributed by atoms with Gasteiger partial charge in [-0.3, -0.25) is 0 Å². The van der Waals surface area contributed by atoms with Gasteiger partial charge in [0.1, 0.15) is 11.4 Å². The third-order valence-electron chi connectivity index (χ3n) is 3.78. The molecule has 0 aliphatic rings. The number of halogens is 1. The van der Waals surface area contributed by atoms with Crippen LogP contribution in [0.15, 0.2) is 24.4 Å². The molecule has 0 bridgehead atoms. The van der Waals surface area contributed by atoms with Crippen molar-refractivity contribution in [2.75, 3.05) is 13.1 Å². The maximum atomic E-state index is 14.2. The van der Waals surface area contributed by atoms with E-state index < -0.39 is 17.1 Å². The van der Waals surface area contributed by atoms with E-state index in [4.69, 9.17) is 10.5 Å². The number of aromatic nitrogens is 1. The third kappa shape index (κ3) is 3.82. The molecule has 0 spiro atoms. The fourth-order valence-corrected chi connectivity index (χ4v) is 2.48. The van der Waals surface area contributed by atoms with Crippen LogP contribution in [0, 0.1) is 5.82 Å². The number of benzene rings is 1. The lowest BCUT2D eigenvalue weighted by atomic mass is 9.82. The first kappa shape index (κ1) is 17.3. The zero-order valence-electron chi connectivity index (χ0n) is 14.0. The summed E-state index contributed by atoms with van der Waals surface area (Å²) in [5.74, 6) is -0.310. The van der Waals surface area contributed by atoms with Gasteiger partial charge in [-0.1, -0.05) is 13.0 Å². The number of hydrogen-bond donors (Lipinski definition) is 3. The average molecular weight is 321 g/mol. The Labute approximate surface area is 135 Å². The highest BCUT2D eigenvalue weighted by molar-refractivity contribution is 5.85. The predicted molar refractivity (Wildman–Crippen MR) is 88.9 cm³/mol. The molecule has 4 N–H and O–H groups in total. The van der Waals surface area contributed by atoms with Crippen molar-refractivity contribution in [1.82, 2.24) is 10.3 Å². The van der Waals surface area contributed by atoms with Gasteiger partial charge in [0, 0.05) is 35.6 Å². The van der Waals surface area contributed by atoms with Gasteiger partial charge < -0.3 is 20.8 Å². The summed E-state index contributed by atoms with van der Waals surface area (Å²) in [6, 6.07) is 4.87. The highest BCUT2D eigenvalue weighted by Gasteiger charge is 2.30. The molecule has 0 saturated heterocycles. The van der Waals surface area contributed by atoms with Crippen molar-refractivity contribution in [3.05, 3.63) is 35.8 Å². The molecular formula is C17H24FN3O2. The highest BCUT2D eigenvalue weighted by atomic mass is 19.1. The molecule has 126 valence electrons. The molecular weight excluding hydrogens is 297 g/mol. The predicted octanol–water partition coefficient (Wildman–Crippen LogP) is 3.05. The molecule has 1 atom stereocenters. The van der Waals surface area contributed by atoms with Crippen molar-refractivity contribution < 1.29 is 13.9 Å². The molecule has 23 heavy (non-hydrogen) atoms. The second-order valence-electron chi connectivity index (χ2n) is 6.98. The SMILES string of the molecule is CC(C)(C)OC(=O)NCC(C)(CN)c1c[nH]c2cccc(F)c12. The zero-order valence-corrected chi connectivity index (χ0v) is 14.0. The normalized spacial score (nSPS) is 14.5. The number of carbonyl (C=O) groups is 1. The van der Waals surface area contributed by atoms with Gasteiger partial charge in [-0.15, -0.1) is 0 Å². The van der Waals surface area contributed by atoms with Crippen LogP contribution in [-0.2, 0) is 10.2 Å².